The summed E-state index contributed by atoms with van der Waals surface area (Å²) in [4.78, 5) is 0.227. The number of sulfonamides is 1. The van der Waals surface area contributed by atoms with Gasteiger partial charge < -0.3 is 5.32 Å². The van der Waals surface area contributed by atoms with Gasteiger partial charge in [-0.15, -0.1) is 0 Å². The molecule has 0 radical (unpaired) electrons. The second kappa shape index (κ2) is 7.75. The summed E-state index contributed by atoms with van der Waals surface area (Å²) in [5, 5.41) is 7.35. The molecule has 116 valence electrons. The maximum atomic E-state index is 12.1. The molecule has 0 spiro atoms. The highest BCUT2D eigenvalue weighted by molar-refractivity contribution is 7.89. The van der Waals surface area contributed by atoms with E-state index in [1.165, 1.54) is 6.20 Å². The fraction of sp³-hybridized carbons (Fsp3) is 0.769. The van der Waals surface area contributed by atoms with Crippen molar-refractivity contribution in [2.24, 2.45) is 5.92 Å². The first-order valence-electron chi connectivity index (χ1n) is 7.10. The van der Waals surface area contributed by atoms with Crippen molar-refractivity contribution in [1.82, 2.24) is 19.8 Å². The lowest BCUT2D eigenvalue weighted by atomic mass is 10.1. The molecule has 6 nitrogen and oxygen atoms in total. The van der Waals surface area contributed by atoms with Crippen LogP contribution >= 0.6 is 0 Å². The molecule has 0 amide bonds. The van der Waals surface area contributed by atoms with Crippen molar-refractivity contribution in [2.75, 3.05) is 13.1 Å². The second-order valence-electron chi connectivity index (χ2n) is 5.41. The zero-order valence-electron chi connectivity index (χ0n) is 12.8. The molecule has 0 saturated heterocycles. The smallest absolute Gasteiger partial charge is 0.243 e. The Morgan fingerprint density at radius 1 is 1.35 bits per heavy atom. The van der Waals surface area contributed by atoms with E-state index in [0.29, 0.717) is 25.0 Å². The molecular weight excluding hydrogens is 276 g/mol. The molecule has 0 aliphatic rings. The Balaban J connectivity index is 2.56. The van der Waals surface area contributed by atoms with Gasteiger partial charge in [-0.1, -0.05) is 34.1 Å². The van der Waals surface area contributed by atoms with Gasteiger partial charge in [0.2, 0.25) is 10.0 Å². The molecule has 0 saturated carbocycles. The number of aromatic nitrogens is 2. The van der Waals surface area contributed by atoms with E-state index in [1.807, 2.05) is 13.8 Å². The van der Waals surface area contributed by atoms with Crippen LogP contribution in [-0.2, 0) is 16.6 Å². The maximum absolute atomic E-state index is 12.1. The van der Waals surface area contributed by atoms with Crippen LogP contribution in [0.1, 0.15) is 34.1 Å². The first-order chi connectivity index (χ1) is 9.35. The summed E-state index contributed by atoms with van der Waals surface area (Å²) in [6.07, 6.45) is 3.91. The minimum absolute atomic E-state index is 0.227. The molecule has 2 N–H and O–H groups in total. The molecule has 0 aromatic carbocycles. The third-order valence-electron chi connectivity index (χ3n) is 3.13. The van der Waals surface area contributed by atoms with Gasteiger partial charge in [-0.05, 0) is 5.92 Å². The van der Waals surface area contributed by atoms with Crippen molar-refractivity contribution in [2.45, 2.75) is 51.6 Å². The van der Waals surface area contributed by atoms with Gasteiger partial charge in [0.05, 0.1) is 12.7 Å². The standard InChI is InChI=1S/C13H26N4O2S/c1-5-12(4)8-16-20(18,19)13-9-15-17(10-13)7-6-14-11(2)3/h9-12,14,16H,5-8H2,1-4H3. The second-order valence-corrected chi connectivity index (χ2v) is 7.18. The Kier molecular flexibility index (Phi) is 6.64. The number of rotatable bonds is 9. The molecule has 0 aliphatic heterocycles. The molecule has 1 heterocycles. The number of nitrogens with one attached hydrogen (secondary N) is 2. The van der Waals surface area contributed by atoms with Crippen LogP contribution in [-0.4, -0.2) is 37.3 Å². The van der Waals surface area contributed by atoms with E-state index < -0.39 is 10.0 Å². The Hall–Kier alpha value is -0.920. The number of nitrogens with zero attached hydrogens (tertiary/aromatic N) is 2. The van der Waals surface area contributed by atoms with Crippen molar-refractivity contribution in [3.05, 3.63) is 12.4 Å². The minimum Gasteiger partial charge on any atom is -0.313 e. The lowest BCUT2D eigenvalue weighted by Crippen LogP contribution is -2.28. The monoisotopic (exact) mass is 302 g/mol. The predicted molar refractivity (Wildman–Crippen MR) is 80.0 cm³/mol. The van der Waals surface area contributed by atoms with Crippen LogP contribution in [0, 0.1) is 5.92 Å². The van der Waals surface area contributed by atoms with Crippen molar-refractivity contribution in [3.63, 3.8) is 0 Å². The van der Waals surface area contributed by atoms with Gasteiger partial charge in [-0.3, -0.25) is 4.68 Å². The largest absolute Gasteiger partial charge is 0.313 e. The molecule has 7 heteroatoms. The third-order valence-corrected chi connectivity index (χ3v) is 4.51. The molecule has 1 rings (SSSR count). The topological polar surface area (TPSA) is 76.0 Å². The number of hydrogen-bond donors (Lipinski definition) is 2. The first kappa shape index (κ1) is 17.1. The fourth-order valence-corrected chi connectivity index (χ4v) is 2.67. The first-order valence-corrected chi connectivity index (χ1v) is 8.59. The van der Waals surface area contributed by atoms with E-state index in [9.17, 15) is 8.42 Å². The van der Waals surface area contributed by atoms with Gasteiger partial charge in [0, 0.05) is 25.3 Å². The van der Waals surface area contributed by atoms with Gasteiger partial charge in [-0.2, -0.15) is 5.10 Å². The molecule has 1 aromatic heterocycles. The minimum atomic E-state index is -3.44. The highest BCUT2D eigenvalue weighted by Crippen LogP contribution is 2.08. The highest BCUT2D eigenvalue weighted by Gasteiger charge is 2.16. The van der Waals surface area contributed by atoms with Gasteiger partial charge in [0.25, 0.3) is 0 Å². The van der Waals surface area contributed by atoms with Gasteiger partial charge in [-0.25, -0.2) is 13.1 Å². The van der Waals surface area contributed by atoms with Crippen molar-refractivity contribution < 1.29 is 8.42 Å². The van der Waals surface area contributed by atoms with Crippen LogP contribution in [0.4, 0.5) is 0 Å². The Morgan fingerprint density at radius 2 is 2.05 bits per heavy atom. The normalized spacial score (nSPS) is 13.8. The average molecular weight is 302 g/mol. The summed E-state index contributed by atoms with van der Waals surface area (Å²) >= 11 is 0. The fourth-order valence-electron chi connectivity index (χ4n) is 1.55. The van der Waals surface area contributed by atoms with Gasteiger partial charge in [0.1, 0.15) is 4.90 Å². The van der Waals surface area contributed by atoms with Crippen molar-refractivity contribution >= 4 is 10.0 Å². The lowest BCUT2D eigenvalue weighted by molar-refractivity contribution is 0.514. The van der Waals surface area contributed by atoms with E-state index in [0.717, 1.165) is 13.0 Å². The third kappa shape index (κ3) is 5.60. The van der Waals surface area contributed by atoms with E-state index >= 15 is 0 Å². The molecule has 1 aromatic rings. The predicted octanol–water partition coefficient (Wildman–Crippen LogP) is 1.21. The van der Waals surface area contributed by atoms with Crippen LogP contribution < -0.4 is 10.0 Å². The lowest BCUT2D eigenvalue weighted by Gasteiger charge is -2.09. The zero-order chi connectivity index (χ0) is 15.2. The van der Waals surface area contributed by atoms with Gasteiger partial charge >= 0.3 is 0 Å². The quantitative estimate of drug-likeness (QED) is 0.719. The molecule has 1 atom stereocenters. The zero-order valence-corrected chi connectivity index (χ0v) is 13.6. The summed E-state index contributed by atoms with van der Waals surface area (Å²) in [6.45, 7) is 10.1. The van der Waals surface area contributed by atoms with E-state index in [1.54, 1.807) is 10.9 Å². The van der Waals surface area contributed by atoms with E-state index in [2.05, 4.69) is 29.0 Å². The summed E-state index contributed by atoms with van der Waals surface area (Å²) in [5.74, 6) is 0.329. The Morgan fingerprint density at radius 3 is 2.65 bits per heavy atom. The van der Waals surface area contributed by atoms with Crippen LogP contribution in [0.3, 0.4) is 0 Å². The Bertz CT molecular complexity index is 496. The molecule has 0 fully saturated rings. The highest BCUT2D eigenvalue weighted by atomic mass is 32.2. The summed E-state index contributed by atoms with van der Waals surface area (Å²) in [7, 11) is -3.44. The molecular formula is C13H26N4O2S. The van der Waals surface area contributed by atoms with E-state index in [-0.39, 0.29) is 4.90 Å². The van der Waals surface area contributed by atoms with Crippen LogP contribution in [0.2, 0.25) is 0 Å². The molecule has 0 bridgehead atoms. The van der Waals surface area contributed by atoms with Crippen LogP contribution in [0.25, 0.3) is 0 Å². The van der Waals surface area contributed by atoms with Crippen molar-refractivity contribution in [1.29, 1.82) is 0 Å². The summed E-state index contributed by atoms with van der Waals surface area (Å²) in [5.41, 5.74) is 0. The number of hydrogen-bond acceptors (Lipinski definition) is 4. The van der Waals surface area contributed by atoms with Crippen LogP contribution in [0.15, 0.2) is 17.3 Å². The van der Waals surface area contributed by atoms with E-state index in [4.69, 9.17) is 0 Å². The molecule has 20 heavy (non-hydrogen) atoms. The molecule has 1 unspecified atom stereocenters. The van der Waals surface area contributed by atoms with Crippen molar-refractivity contribution in [3.8, 4) is 0 Å². The SMILES string of the molecule is CCC(C)CNS(=O)(=O)c1cnn(CCNC(C)C)c1. The average Bonchev–Trinajstić information content (AvgIpc) is 2.85. The summed E-state index contributed by atoms with van der Waals surface area (Å²) < 4.78 is 28.4. The summed E-state index contributed by atoms with van der Waals surface area (Å²) in [6, 6.07) is 0.408. The van der Waals surface area contributed by atoms with Crippen LogP contribution in [0.5, 0.6) is 0 Å². The molecule has 0 aliphatic carbocycles. The maximum Gasteiger partial charge on any atom is 0.243 e. The van der Waals surface area contributed by atoms with Gasteiger partial charge in [0.15, 0.2) is 0 Å². The Labute approximate surface area is 122 Å².